The Morgan fingerprint density at radius 3 is 2.70 bits per heavy atom. The Balaban J connectivity index is 1.88. The molecular weight excluding hydrogens is 257 g/mol. The van der Waals surface area contributed by atoms with Crippen LogP contribution in [-0.4, -0.2) is 47.9 Å². The molecular formula is C15H18FN3O. The van der Waals surface area contributed by atoms with Crippen LogP contribution in [-0.2, 0) is 11.2 Å². The van der Waals surface area contributed by atoms with Gasteiger partial charge in [-0.1, -0.05) is 12.1 Å². The summed E-state index contributed by atoms with van der Waals surface area (Å²) in [5.41, 5.74) is 0.697. The molecule has 1 aliphatic rings. The number of hydrogen-bond acceptors (Lipinski definition) is 3. The number of hydrogen-bond donors (Lipinski definition) is 0. The Labute approximate surface area is 118 Å². The highest BCUT2D eigenvalue weighted by Gasteiger charge is 2.23. The van der Waals surface area contributed by atoms with Gasteiger partial charge in [0.05, 0.1) is 18.5 Å². The van der Waals surface area contributed by atoms with Crippen molar-refractivity contribution in [2.24, 2.45) is 0 Å². The molecule has 0 bridgehead atoms. The summed E-state index contributed by atoms with van der Waals surface area (Å²) in [6.07, 6.45) is 0.228. The molecule has 0 spiro atoms. The fourth-order valence-corrected chi connectivity index (χ4v) is 2.37. The van der Waals surface area contributed by atoms with Gasteiger partial charge in [0, 0.05) is 26.2 Å². The lowest BCUT2D eigenvalue weighted by molar-refractivity contribution is -0.132. The van der Waals surface area contributed by atoms with E-state index in [1.165, 1.54) is 12.1 Å². The normalized spacial score (nSPS) is 17.6. The van der Waals surface area contributed by atoms with Crippen molar-refractivity contribution in [2.45, 2.75) is 19.4 Å². The monoisotopic (exact) mass is 275 g/mol. The molecule has 106 valence electrons. The SMILES string of the molecule is CC(C#N)N1CCN(C(=O)Cc2cccc(F)c2)CC1. The average Bonchev–Trinajstić information content (AvgIpc) is 2.46. The van der Waals surface area contributed by atoms with Crippen molar-refractivity contribution in [1.29, 1.82) is 5.26 Å². The molecule has 0 radical (unpaired) electrons. The maximum absolute atomic E-state index is 13.1. The Morgan fingerprint density at radius 1 is 1.40 bits per heavy atom. The van der Waals surface area contributed by atoms with Crippen molar-refractivity contribution < 1.29 is 9.18 Å². The molecule has 4 nitrogen and oxygen atoms in total. The van der Waals surface area contributed by atoms with Crippen LogP contribution in [0, 0.1) is 17.1 Å². The number of amides is 1. The van der Waals surface area contributed by atoms with Crippen LogP contribution in [0.1, 0.15) is 12.5 Å². The number of halogens is 1. The van der Waals surface area contributed by atoms with Gasteiger partial charge in [0.15, 0.2) is 0 Å². The zero-order valence-corrected chi connectivity index (χ0v) is 11.6. The molecule has 20 heavy (non-hydrogen) atoms. The second kappa shape index (κ2) is 6.49. The molecule has 2 rings (SSSR count). The number of nitrogens with zero attached hydrogens (tertiary/aromatic N) is 3. The number of rotatable bonds is 3. The minimum Gasteiger partial charge on any atom is -0.340 e. The zero-order chi connectivity index (χ0) is 14.5. The van der Waals surface area contributed by atoms with Crippen LogP contribution >= 0.6 is 0 Å². The fraction of sp³-hybridized carbons (Fsp3) is 0.467. The van der Waals surface area contributed by atoms with Gasteiger partial charge in [0.1, 0.15) is 5.82 Å². The van der Waals surface area contributed by atoms with Gasteiger partial charge in [-0.25, -0.2) is 4.39 Å². The first-order valence-electron chi connectivity index (χ1n) is 6.76. The van der Waals surface area contributed by atoms with E-state index in [9.17, 15) is 9.18 Å². The van der Waals surface area contributed by atoms with Gasteiger partial charge < -0.3 is 4.90 Å². The minimum atomic E-state index is -0.317. The predicted octanol–water partition coefficient (Wildman–Crippen LogP) is 1.42. The van der Waals surface area contributed by atoms with E-state index < -0.39 is 0 Å². The van der Waals surface area contributed by atoms with Gasteiger partial charge in [-0.05, 0) is 24.6 Å². The molecule has 1 atom stereocenters. The summed E-state index contributed by atoms with van der Waals surface area (Å²) < 4.78 is 13.1. The van der Waals surface area contributed by atoms with Crippen LogP contribution in [0.25, 0.3) is 0 Å². The molecule has 1 saturated heterocycles. The number of piperazine rings is 1. The lowest BCUT2D eigenvalue weighted by atomic mass is 10.1. The van der Waals surface area contributed by atoms with E-state index in [4.69, 9.17) is 5.26 Å². The number of benzene rings is 1. The van der Waals surface area contributed by atoms with Gasteiger partial charge in [-0.2, -0.15) is 5.26 Å². The second-order valence-corrected chi connectivity index (χ2v) is 5.03. The predicted molar refractivity (Wildman–Crippen MR) is 73.3 cm³/mol. The van der Waals surface area contributed by atoms with Crippen LogP contribution in [0.3, 0.4) is 0 Å². The second-order valence-electron chi connectivity index (χ2n) is 5.03. The van der Waals surface area contributed by atoms with Gasteiger partial charge in [0.25, 0.3) is 0 Å². The standard InChI is InChI=1S/C15H18FN3O/c1-12(11-17)18-5-7-19(8-6-18)15(20)10-13-3-2-4-14(16)9-13/h2-4,9,12H,5-8,10H2,1H3. The summed E-state index contributed by atoms with van der Waals surface area (Å²) in [5, 5.41) is 8.88. The van der Waals surface area contributed by atoms with Crippen molar-refractivity contribution in [3.8, 4) is 6.07 Å². The highest BCUT2D eigenvalue weighted by molar-refractivity contribution is 5.78. The Morgan fingerprint density at radius 2 is 2.10 bits per heavy atom. The van der Waals surface area contributed by atoms with Crippen molar-refractivity contribution in [1.82, 2.24) is 9.80 Å². The summed E-state index contributed by atoms with van der Waals surface area (Å²) in [5.74, 6) is -0.303. The lowest BCUT2D eigenvalue weighted by Crippen LogP contribution is -2.51. The molecule has 5 heteroatoms. The summed E-state index contributed by atoms with van der Waals surface area (Å²) in [7, 11) is 0. The van der Waals surface area contributed by atoms with Crippen LogP contribution in [0.15, 0.2) is 24.3 Å². The van der Waals surface area contributed by atoms with E-state index in [-0.39, 0.29) is 24.2 Å². The van der Waals surface area contributed by atoms with Crippen molar-refractivity contribution in [3.05, 3.63) is 35.6 Å². The van der Waals surface area contributed by atoms with E-state index in [1.807, 2.05) is 6.92 Å². The molecule has 1 fully saturated rings. The molecule has 1 amide bonds. The average molecular weight is 275 g/mol. The quantitative estimate of drug-likeness (QED) is 0.838. The van der Waals surface area contributed by atoms with Gasteiger partial charge in [0.2, 0.25) is 5.91 Å². The summed E-state index contributed by atoms with van der Waals surface area (Å²) in [6, 6.07) is 8.23. The van der Waals surface area contributed by atoms with Crippen molar-refractivity contribution in [3.63, 3.8) is 0 Å². The third-order valence-corrected chi connectivity index (χ3v) is 3.65. The van der Waals surface area contributed by atoms with Crippen LogP contribution in [0.4, 0.5) is 4.39 Å². The summed E-state index contributed by atoms with van der Waals surface area (Å²) in [4.78, 5) is 16.0. The molecule has 1 aromatic carbocycles. The largest absolute Gasteiger partial charge is 0.340 e. The Bertz CT molecular complexity index is 518. The number of carbonyl (C=O) groups is 1. The van der Waals surface area contributed by atoms with Crippen LogP contribution < -0.4 is 0 Å². The minimum absolute atomic E-state index is 0.0138. The molecule has 0 aliphatic carbocycles. The first-order chi connectivity index (χ1) is 9.60. The first-order valence-corrected chi connectivity index (χ1v) is 6.76. The first kappa shape index (κ1) is 14.5. The zero-order valence-electron chi connectivity index (χ0n) is 11.6. The molecule has 1 aromatic rings. The summed E-state index contributed by atoms with van der Waals surface area (Å²) >= 11 is 0. The molecule has 1 unspecified atom stereocenters. The lowest BCUT2D eigenvalue weighted by Gasteiger charge is -2.36. The van der Waals surface area contributed by atoms with E-state index in [0.717, 1.165) is 0 Å². The summed E-state index contributed by atoms with van der Waals surface area (Å²) in [6.45, 7) is 4.54. The topological polar surface area (TPSA) is 47.3 Å². The number of nitriles is 1. The van der Waals surface area contributed by atoms with Crippen molar-refractivity contribution in [2.75, 3.05) is 26.2 Å². The molecule has 0 saturated carbocycles. The smallest absolute Gasteiger partial charge is 0.227 e. The molecule has 1 heterocycles. The van der Waals surface area contributed by atoms with Gasteiger partial charge in [-0.3, -0.25) is 9.69 Å². The maximum atomic E-state index is 13.1. The van der Waals surface area contributed by atoms with Crippen molar-refractivity contribution >= 4 is 5.91 Å². The maximum Gasteiger partial charge on any atom is 0.227 e. The van der Waals surface area contributed by atoms with E-state index in [0.29, 0.717) is 31.7 Å². The Kier molecular flexibility index (Phi) is 4.70. The van der Waals surface area contributed by atoms with Gasteiger partial charge in [-0.15, -0.1) is 0 Å². The van der Waals surface area contributed by atoms with Gasteiger partial charge >= 0.3 is 0 Å². The third kappa shape index (κ3) is 3.55. The molecule has 0 aromatic heterocycles. The van der Waals surface area contributed by atoms with E-state index in [1.54, 1.807) is 17.0 Å². The molecule has 1 aliphatic heterocycles. The number of carbonyl (C=O) groups excluding carboxylic acids is 1. The van der Waals surface area contributed by atoms with E-state index in [2.05, 4.69) is 11.0 Å². The fourth-order valence-electron chi connectivity index (χ4n) is 2.37. The Hall–Kier alpha value is -1.93. The van der Waals surface area contributed by atoms with Crippen LogP contribution in [0.5, 0.6) is 0 Å². The molecule has 0 N–H and O–H groups in total. The van der Waals surface area contributed by atoms with Crippen LogP contribution in [0.2, 0.25) is 0 Å². The third-order valence-electron chi connectivity index (χ3n) is 3.65. The highest BCUT2D eigenvalue weighted by atomic mass is 19.1. The van der Waals surface area contributed by atoms with E-state index >= 15 is 0 Å². The highest BCUT2D eigenvalue weighted by Crippen LogP contribution is 2.10.